The average Bonchev–Trinajstić information content (AvgIpc) is 3.40. The molecule has 3 heterocycles. The van der Waals surface area contributed by atoms with Crippen LogP contribution >= 0.6 is 23.1 Å². The van der Waals surface area contributed by atoms with E-state index in [2.05, 4.69) is 25.6 Å². The molecule has 25 heavy (non-hydrogen) atoms. The lowest BCUT2D eigenvalue weighted by Gasteiger charge is -2.14. The van der Waals surface area contributed by atoms with Crippen LogP contribution < -0.4 is 5.32 Å². The number of anilines is 1. The van der Waals surface area contributed by atoms with E-state index >= 15 is 0 Å². The Bertz CT molecular complexity index is 835. The van der Waals surface area contributed by atoms with Gasteiger partial charge in [0.2, 0.25) is 11.1 Å². The quantitative estimate of drug-likeness (QED) is 0.644. The van der Waals surface area contributed by atoms with Crippen molar-refractivity contribution in [3.05, 3.63) is 29.8 Å². The lowest BCUT2D eigenvalue weighted by Crippen LogP contribution is -2.19. The minimum atomic E-state index is -0.0766. The first kappa shape index (κ1) is 16.3. The Morgan fingerprint density at radius 1 is 1.40 bits per heavy atom. The van der Waals surface area contributed by atoms with Gasteiger partial charge in [0, 0.05) is 6.07 Å². The number of H-pyrrole nitrogens is 1. The number of aromatic nitrogens is 5. The zero-order valence-corrected chi connectivity index (χ0v) is 15.1. The Hall–Kier alpha value is -2.13. The van der Waals surface area contributed by atoms with Crippen molar-refractivity contribution in [3.63, 3.8) is 0 Å². The summed E-state index contributed by atoms with van der Waals surface area (Å²) in [6, 6.07) is 6.20. The van der Waals surface area contributed by atoms with E-state index in [1.54, 1.807) is 17.5 Å². The molecule has 3 aromatic rings. The van der Waals surface area contributed by atoms with Crippen molar-refractivity contribution in [2.24, 2.45) is 0 Å². The highest BCUT2D eigenvalue weighted by Crippen LogP contribution is 2.31. The van der Waals surface area contributed by atoms with Crippen molar-refractivity contribution in [1.82, 2.24) is 25.0 Å². The minimum absolute atomic E-state index is 0.0766. The summed E-state index contributed by atoms with van der Waals surface area (Å²) in [6.45, 7) is 0. The zero-order chi connectivity index (χ0) is 17.1. The maximum atomic E-state index is 12.2. The molecule has 1 aliphatic carbocycles. The predicted octanol–water partition coefficient (Wildman–Crippen LogP) is 3.58. The number of nitrogens with one attached hydrogen (secondary N) is 2. The Morgan fingerprint density at radius 2 is 2.28 bits per heavy atom. The summed E-state index contributed by atoms with van der Waals surface area (Å²) in [5.41, 5.74) is 0. The van der Waals surface area contributed by atoms with Gasteiger partial charge >= 0.3 is 0 Å². The second-order valence-electron chi connectivity index (χ2n) is 5.88. The van der Waals surface area contributed by atoms with Crippen LogP contribution in [0.2, 0.25) is 0 Å². The van der Waals surface area contributed by atoms with Gasteiger partial charge in [-0.2, -0.15) is 5.10 Å². The lowest BCUT2D eigenvalue weighted by molar-refractivity contribution is -0.113. The van der Waals surface area contributed by atoms with Gasteiger partial charge in [-0.15, -0.1) is 16.4 Å². The molecule has 7 nitrogen and oxygen atoms in total. The van der Waals surface area contributed by atoms with Crippen molar-refractivity contribution in [2.45, 2.75) is 36.9 Å². The van der Waals surface area contributed by atoms with Crippen LogP contribution in [0, 0.1) is 0 Å². The first-order chi connectivity index (χ1) is 12.3. The summed E-state index contributed by atoms with van der Waals surface area (Å²) < 4.78 is 1.94. The molecule has 1 saturated carbocycles. The third-order valence-corrected chi connectivity index (χ3v) is 5.88. The molecule has 0 radical (unpaired) electrons. The summed E-state index contributed by atoms with van der Waals surface area (Å²) in [4.78, 5) is 17.7. The maximum Gasteiger partial charge on any atom is 0.235 e. The molecular weight excluding hydrogens is 356 g/mol. The third kappa shape index (κ3) is 3.77. The van der Waals surface area contributed by atoms with E-state index in [0.717, 1.165) is 29.4 Å². The van der Waals surface area contributed by atoms with Crippen LogP contribution in [0.4, 0.5) is 5.82 Å². The van der Waals surface area contributed by atoms with Gasteiger partial charge in [-0.25, -0.2) is 9.67 Å². The Kier molecular flexibility index (Phi) is 4.84. The molecule has 0 bridgehead atoms. The fraction of sp³-hybridized carbons (Fsp3) is 0.375. The van der Waals surface area contributed by atoms with Crippen molar-refractivity contribution in [2.75, 3.05) is 11.1 Å². The fourth-order valence-corrected chi connectivity index (χ4v) is 4.26. The van der Waals surface area contributed by atoms with Crippen molar-refractivity contribution >= 4 is 34.8 Å². The van der Waals surface area contributed by atoms with E-state index in [1.807, 2.05) is 28.3 Å². The molecule has 130 valence electrons. The van der Waals surface area contributed by atoms with E-state index < -0.39 is 0 Å². The summed E-state index contributed by atoms with van der Waals surface area (Å²) in [5.74, 6) is 1.69. The second-order valence-corrected chi connectivity index (χ2v) is 7.77. The van der Waals surface area contributed by atoms with E-state index in [0.29, 0.717) is 11.2 Å². The van der Waals surface area contributed by atoms with Crippen LogP contribution in [0.15, 0.2) is 34.9 Å². The first-order valence-electron chi connectivity index (χ1n) is 8.22. The van der Waals surface area contributed by atoms with Crippen molar-refractivity contribution in [1.29, 1.82) is 0 Å². The van der Waals surface area contributed by atoms with Crippen molar-refractivity contribution < 1.29 is 4.79 Å². The first-order valence-corrected chi connectivity index (χ1v) is 10.1. The third-order valence-electron chi connectivity index (χ3n) is 4.16. The Balaban J connectivity index is 1.33. The number of amides is 1. The summed E-state index contributed by atoms with van der Waals surface area (Å²) in [7, 11) is 0. The van der Waals surface area contributed by atoms with Gasteiger partial charge in [-0.3, -0.25) is 9.89 Å². The summed E-state index contributed by atoms with van der Waals surface area (Å²) in [6.07, 6.45) is 6.45. The highest BCUT2D eigenvalue weighted by Gasteiger charge is 2.20. The number of aromatic amines is 1. The van der Waals surface area contributed by atoms with Crippen LogP contribution in [0.3, 0.4) is 0 Å². The second kappa shape index (κ2) is 7.40. The smallest absolute Gasteiger partial charge is 0.235 e. The highest BCUT2D eigenvalue weighted by molar-refractivity contribution is 7.99. The highest BCUT2D eigenvalue weighted by atomic mass is 32.2. The molecule has 3 aromatic heterocycles. The fourth-order valence-electron chi connectivity index (χ4n) is 3.00. The molecule has 1 fully saturated rings. The number of thiophene rings is 1. The van der Waals surface area contributed by atoms with Crippen LogP contribution in [0.1, 0.15) is 31.7 Å². The van der Waals surface area contributed by atoms with E-state index in [4.69, 9.17) is 0 Å². The molecular formula is C16H18N6OS2. The molecule has 1 amide bonds. The van der Waals surface area contributed by atoms with Crippen LogP contribution in [-0.4, -0.2) is 36.6 Å². The molecule has 0 aromatic carbocycles. The SMILES string of the molecule is O=C(CSc1n[nH]c(-c2cccs2)n1)Nc1ccnn1C1CCCC1. The number of thioether (sulfide) groups is 1. The molecule has 0 spiro atoms. The largest absolute Gasteiger partial charge is 0.310 e. The van der Waals surface area contributed by atoms with Crippen LogP contribution in [0.25, 0.3) is 10.7 Å². The number of carbonyl (C=O) groups excluding carboxylic acids is 1. The molecule has 4 rings (SSSR count). The van der Waals surface area contributed by atoms with Gasteiger partial charge in [0.15, 0.2) is 5.82 Å². The van der Waals surface area contributed by atoms with E-state index in [9.17, 15) is 4.79 Å². The molecule has 0 atom stereocenters. The van der Waals surface area contributed by atoms with Gasteiger partial charge in [0.25, 0.3) is 0 Å². The number of hydrogen-bond donors (Lipinski definition) is 2. The minimum Gasteiger partial charge on any atom is -0.310 e. The molecule has 0 unspecified atom stereocenters. The number of nitrogens with zero attached hydrogens (tertiary/aromatic N) is 4. The van der Waals surface area contributed by atoms with Crippen LogP contribution in [0.5, 0.6) is 0 Å². The lowest BCUT2D eigenvalue weighted by atomic mass is 10.2. The monoisotopic (exact) mass is 374 g/mol. The average molecular weight is 374 g/mol. The molecule has 0 aliphatic heterocycles. The van der Waals surface area contributed by atoms with Gasteiger partial charge in [-0.1, -0.05) is 30.7 Å². The Labute approximate surface area is 153 Å². The molecule has 1 aliphatic rings. The molecule has 2 N–H and O–H groups in total. The van der Waals surface area contributed by atoms with Gasteiger partial charge in [0.05, 0.1) is 22.9 Å². The number of rotatable bonds is 6. The summed E-state index contributed by atoms with van der Waals surface area (Å²) >= 11 is 2.91. The summed E-state index contributed by atoms with van der Waals surface area (Å²) in [5, 5.41) is 16.9. The predicted molar refractivity (Wildman–Crippen MR) is 98.8 cm³/mol. The number of carbonyl (C=O) groups is 1. The van der Waals surface area contributed by atoms with Crippen molar-refractivity contribution in [3.8, 4) is 10.7 Å². The van der Waals surface area contributed by atoms with E-state index in [1.165, 1.54) is 24.6 Å². The topological polar surface area (TPSA) is 88.5 Å². The molecule has 0 saturated heterocycles. The zero-order valence-electron chi connectivity index (χ0n) is 13.5. The Morgan fingerprint density at radius 3 is 3.08 bits per heavy atom. The normalized spacial score (nSPS) is 14.9. The maximum absolute atomic E-state index is 12.2. The van der Waals surface area contributed by atoms with Gasteiger partial charge in [-0.05, 0) is 24.3 Å². The molecule has 9 heteroatoms. The number of hydrogen-bond acceptors (Lipinski definition) is 6. The van der Waals surface area contributed by atoms with Gasteiger partial charge < -0.3 is 5.32 Å². The van der Waals surface area contributed by atoms with Crippen LogP contribution in [-0.2, 0) is 4.79 Å². The van der Waals surface area contributed by atoms with Gasteiger partial charge in [0.1, 0.15) is 5.82 Å². The van der Waals surface area contributed by atoms with E-state index in [-0.39, 0.29) is 11.7 Å². The standard InChI is InChI=1S/C16H18N6OS2/c23-14(18-13-7-8-17-22(13)11-4-1-2-5-11)10-25-16-19-15(20-21-16)12-6-3-9-24-12/h3,6-9,11H,1-2,4-5,10H2,(H,18,23)(H,19,20,21).